The zero-order valence-electron chi connectivity index (χ0n) is 11.9. The van der Waals surface area contributed by atoms with Crippen LogP contribution in [0.5, 0.6) is 11.5 Å². The second kappa shape index (κ2) is 7.03. The number of halogens is 3. The van der Waals surface area contributed by atoms with E-state index in [-0.39, 0.29) is 4.83 Å². The summed E-state index contributed by atoms with van der Waals surface area (Å²) in [4.78, 5) is -0.0587. The Morgan fingerprint density at radius 1 is 1.00 bits per heavy atom. The Morgan fingerprint density at radius 2 is 1.62 bits per heavy atom. The summed E-state index contributed by atoms with van der Waals surface area (Å²) < 4.78 is 12.0. The molecule has 0 aliphatic rings. The highest BCUT2D eigenvalue weighted by molar-refractivity contribution is 9.10. The maximum atomic E-state index is 6.02. The first-order chi connectivity index (χ1) is 9.97. The summed E-state index contributed by atoms with van der Waals surface area (Å²) in [5, 5.41) is 0.646. The maximum Gasteiger partial charge on any atom is 0.125 e. The van der Waals surface area contributed by atoms with Crippen LogP contribution >= 0.6 is 43.5 Å². The summed E-state index contributed by atoms with van der Waals surface area (Å²) in [6, 6.07) is 9.68. The highest BCUT2D eigenvalue weighted by Gasteiger charge is 2.20. The molecule has 0 saturated carbocycles. The van der Waals surface area contributed by atoms with Crippen molar-refractivity contribution in [2.75, 3.05) is 14.2 Å². The molecule has 0 amide bonds. The van der Waals surface area contributed by atoms with E-state index in [2.05, 4.69) is 37.9 Å². The van der Waals surface area contributed by atoms with Gasteiger partial charge in [0.05, 0.1) is 19.0 Å². The first-order valence-corrected chi connectivity index (χ1v) is 8.38. The smallest absolute Gasteiger partial charge is 0.125 e. The van der Waals surface area contributed by atoms with Gasteiger partial charge in [-0.05, 0) is 36.8 Å². The molecule has 1 unspecified atom stereocenters. The molecule has 0 aromatic heterocycles. The number of hydrogen-bond donors (Lipinski definition) is 0. The van der Waals surface area contributed by atoms with Gasteiger partial charge in [0.25, 0.3) is 0 Å². The van der Waals surface area contributed by atoms with Crippen LogP contribution < -0.4 is 9.47 Å². The average Bonchev–Trinajstić information content (AvgIpc) is 2.48. The van der Waals surface area contributed by atoms with Crippen LogP contribution in [0.3, 0.4) is 0 Å². The summed E-state index contributed by atoms with van der Waals surface area (Å²) >= 11 is 13.3. The second-order valence-electron chi connectivity index (χ2n) is 4.59. The Hall–Kier alpha value is -0.710. The van der Waals surface area contributed by atoms with Crippen LogP contribution in [0.2, 0.25) is 5.02 Å². The van der Waals surface area contributed by atoms with Crippen LogP contribution in [-0.2, 0) is 0 Å². The predicted octanol–water partition coefficient (Wildman–Crippen LogP) is 5.91. The van der Waals surface area contributed by atoms with Gasteiger partial charge in [-0.1, -0.05) is 49.5 Å². The fourth-order valence-corrected chi connectivity index (χ4v) is 3.37. The number of methoxy groups -OCH3 is 2. The highest BCUT2D eigenvalue weighted by atomic mass is 79.9. The molecular formula is C16H15Br2ClO2. The van der Waals surface area contributed by atoms with Gasteiger partial charge in [-0.25, -0.2) is 0 Å². The third-order valence-corrected chi connectivity index (χ3v) is 5.33. The van der Waals surface area contributed by atoms with Gasteiger partial charge in [-0.15, -0.1) is 0 Å². The van der Waals surface area contributed by atoms with Crippen LogP contribution in [-0.4, -0.2) is 14.2 Å². The van der Waals surface area contributed by atoms with Crippen molar-refractivity contribution in [3.8, 4) is 11.5 Å². The van der Waals surface area contributed by atoms with Gasteiger partial charge in [-0.2, -0.15) is 0 Å². The van der Waals surface area contributed by atoms with Gasteiger partial charge < -0.3 is 9.47 Å². The Labute approximate surface area is 146 Å². The molecule has 2 nitrogen and oxygen atoms in total. The monoisotopic (exact) mass is 432 g/mol. The summed E-state index contributed by atoms with van der Waals surface area (Å²) in [5.41, 5.74) is 3.14. The third kappa shape index (κ3) is 3.55. The van der Waals surface area contributed by atoms with Crippen molar-refractivity contribution >= 4 is 43.5 Å². The van der Waals surface area contributed by atoms with Crippen LogP contribution in [0.25, 0.3) is 0 Å². The molecule has 0 N–H and O–H groups in total. The molecule has 0 aliphatic carbocycles. The number of hydrogen-bond acceptors (Lipinski definition) is 2. The van der Waals surface area contributed by atoms with Crippen molar-refractivity contribution in [3.05, 3.63) is 56.5 Å². The van der Waals surface area contributed by atoms with E-state index in [4.69, 9.17) is 21.1 Å². The summed E-state index contributed by atoms with van der Waals surface area (Å²) in [7, 11) is 3.31. The largest absolute Gasteiger partial charge is 0.496 e. The van der Waals surface area contributed by atoms with E-state index >= 15 is 0 Å². The summed E-state index contributed by atoms with van der Waals surface area (Å²) in [6.07, 6.45) is 0. The maximum absolute atomic E-state index is 6.02. The van der Waals surface area contributed by atoms with E-state index in [1.54, 1.807) is 20.3 Å². The van der Waals surface area contributed by atoms with Gasteiger partial charge in [0, 0.05) is 20.6 Å². The fourth-order valence-electron chi connectivity index (χ4n) is 2.11. The zero-order valence-corrected chi connectivity index (χ0v) is 15.8. The predicted molar refractivity (Wildman–Crippen MR) is 94.2 cm³/mol. The number of rotatable bonds is 4. The van der Waals surface area contributed by atoms with Crippen molar-refractivity contribution in [2.45, 2.75) is 11.8 Å². The third-order valence-electron chi connectivity index (χ3n) is 3.25. The molecule has 1 atom stereocenters. The van der Waals surface area contributed by atoms with Crippen molar-refractivity contribution < 1.29 is 9.47 Å². The zero-order chi connectivity index (χ0) is 15.6. The van der Waals surface area contributed by atoms with E-state index in [9.17, 15) is 0 Å². The van der Waals surface area contributed by atoms with E-state index in [0.29, 0.717) is 5.02 Å². The van der Waals surface area contributed by atoms with Crippen molar-refractivity contribution in [2.24, 2.45) is 0 Å². The second-order valence-corrected chi connectivity index (χ2v) is 6.80. The first kappa shape index (κ1) is 16.7. The summed E-state index contributed by atoms with van der Waals surface area (Å²) in [5.74, 6) is 1.57. The highest BCUT2D eigenvalue weighted by Crippen LogP contribution is 2.43. The molecule has 2 aromatic carbocycles. The molecule has 112 valence electrons. The van der Waals surface area contributed by atoms with Crippen LogP contribution in [0.15, 0.2) is 34.8 Å². The molecule has 21 heavy (non-hydrogen) atoms. The molecule has 0 aliphatic heterocycles. The SMILES string of the molecule is COc1cc(Cl)ccc1C(Br)c1cc(Br)c(C)cc1OC. The van der Waals surface area contributed by atoms with Crippen LogP contribution in [0.1, 0.15) is 21.5 Å². The van der Waals surface area contributed by atoms with Gasteiger partial charge in [-0.3, -0.25) is 0 Å². The molecule has 5 heteroatoms. The lowest BCUT2D eigenvalue weighted by atomic mass is 10.0. The summed E-state index contributed by atoms with van der Waals surface area (Å²) in [6.45, 7) is 2.03. The Morgan fingerprint density at radius 3 is 2.24 bits per heavy atom. The van der Waals surface area contributed by atoms with Crippen LogP contribution in [0, 0.1) is 6.92 Å². The van der Waals surface area contributed by atoms with E-state index in [0.717, 1.165) is 32.7 Å². The molecule has 0 heterocycles. The van der Waals surface area contributed by atoms with E-state index < -0.39 is 0 Å². The standard InChI is InChI=1S/C16H15Br2ClO2/c1-9-6-14(20-2)12(8-13(9)17)16(18)11-5-4-10(19)7-15(11)21-3/h4-8,16H,1-3H3. The number of aryl methyl sites for hydroxylation is 1. The Bertz CT molecular complexity index is 659. The molecule has 0 fully saturated rings. The van der Waals surface area contributed by atoms with Crippen molar-refractivity contribution in [1.29, 1.82) is 0 Å². The van der Waals surface area contributed by atoms with Gasteiger partial charge in [0.1, 0.15) is 11.5 Å². The Balaban J connectivity index is 2.54. The molecule has 0 saturated heterocycles. The van der Waals surface area contributed by atoms with Gasteiger partial charge >= 0.3 is 0 Å². The topological polar surface area (TPSA) is 18.5 Å². The normalized spacial score (nSPS) is 12.1. The quantitative estimate of drug-likeness (QED) is 0.557. The average molecular weight is 435 g/mol. The molecule has 0 bridgehead atoms. The van der Waals surface area contributed by atoms with E-state index in [1.165, 1.54) is 0 Å². The van der Waals surface area contributed by atoms with Crippen molar-refractivity contribution in [1.82, 2.24) is 0 Å². The molecule has 0 radical (unpaired) electrons. The minimum atomic E-state index is -0.0587. The molecule has 2 aromatic rings. The van der Waals surface area contributed by atoms with E-state index in [1.807, 2.05) is 25.1 Å². The number of alkyl halides is 1. The molecular weight excluding hydrogens is 419 g/mol. The number of benzene rings is 2. The van der Waals surface area contributed by atoms with Gasteiger partial charge in [0.2, 0.25) is 0 Å². The number of ether oxygens (including phenoxy) is 2. The lowest BCUT2D eigenvalue weighted by Crippen LogP contribution is -2.00. The molecule has 0 spiro atoms. The lowest BCUT2D eigenvalue weighted by Gasteiger charge is -2.18. The minimum Gasteiger partial charge on any atom is -0.496 e. The van der Waals surface area contributed by atoms with Crippen molar-refractivity contribution in [3.63, 3.8) is 0 Å². The fraction of sp³-hybridized carbons (Fsp3) is 0.250. The molecule has 2 rings (SSSR count). The first-order valence-electron chi connectivity index (χ1n) is 6.29. The Kier molecular flexibility index (Phi) is 5.58. The minimum absolute atomic E-state index is 0.0587. The lowest BCUT2D eigenvalue weighted by molar-refractivity contribution is 0.405. The van der Waals surface area contributed by atoms with Crippen LogP contribution in [0.4, 0.5) is 0 Å². The van der Waals surface area contributed by atoms with Gasteiger partial charge in [0.15, 0.2) is 0 Å².